The molecule has 0 radical (unpaired) electrons. The number of nitrogens with zero attached hydrogens (tertiary/aromatic N) is 1. The molecule has 1 aliphatic rings. The van der Waals surface area contributed by atoms with Crippen LogP contribution in [0.3, 0.4) is 0 Å². The van der Waals surface area contributed by atoms with Gasteiger partial charge in [0.25, 0.3) is 0 Å². The van der Waals surface area contributed by atoms with Crippen molar-refractivity contribution in [3.63, 3.8) is 0 Å². The maximum Gasteiger partial charge on any atom is 0.0500 e. The molecule has 0 aromatic carbocycles. The van der Waals surface area contributed by atoms with Crippen molar-refractivity contribution in [2.75, 3.05) is 33.4 Å². The van der Waals surface area contributed by atoms with E-state index >= 15 is 0 Å². The van der Waals surface area contributed by atoms with Gasteiger partial charge in [0.1, 0.15) is 0 Å². The van der Waals surface area contributed by atoms with Crippen LogP contribution in [0.2, 0.25) is 0 Å². The third-order valence-corrected chi connectivity index (χ3v) is 4.06. The highest BCUT2D eigenvalue weighted by atomic mass is 16.5. The lowest BCUT2D eigenvalue weighted by Gasteiger charge is -2.44. The molecule has 1 heterocycles. The van der Waals surface area contributed by atoms with Crippen LogP contribution in [-0.4, -0.2) is 50.3 Å². The molecule has 1 rings (SSSR count). The van der Waals surface area contributed by atoms with E-state index in [1.165, 1.54) is 6.54 Å². The molecule has 3 atom stereocenters. The lowest BCUT2D eigenvalue weighted by atomic mass is 9.93. The summed E-state index contributed by atoms with van der Waals surface area (Å²) in [6, 6.07) is 1.30. The fourth-order valence-corrected chi connectivity index (χ4v) is 2.91. The van der Waals surface area contributed by atoms with Gasteiger partial charge in [-0.15, -0.1) is 0 Å². The third kappa shape index (κ3) is 4.52. The highest BCUT2D eigenvalue weighted by Gasteiger charge is 2.31. The highest BCUT2D eigenvalue weighted by molar-refractivity contribution is 4.89. The molecule has 3 heteroatoms. The van der Waals surface area contributed by atoms with Crippen LogP contribution in [0.15, 0.2) is 0 Å². The van der Waals surface area contributed by atoms with Crippen LogP contribution in [0.25, 0.3) is 0 Å². The predicted octanol–water partition coefficient (Wildman–Crippen LogP) is 2.22. The summed E-state index contributed by atoms with van der Waals surface area (Å²) in [7, 11) is 1.80. The minimum Gasteiger partial charge on any atom is -0.384 e. The molecule has 0 saturated carbocycles. The molecule has 0 aromatic heterocycles. The summed E-state index contributed by atoms with van der Waals surface area (Å²) in [6.07, 6.45) is 0. The summed E-state index contributed by atoms with van der Waals surface area (Å²) in [5.41, 5.74) is 0. The fourth-order valence-electron chi connectivity index (χ4n) is 2.91. The lowest BCUT2D eigenvalue weighted by Crippen LogP contribution is -2.60. The number of ether oxygens (including phenoxy) is 1. The monoisotopic (exact) mass is 256 g/mol. The molecular weight excluding hydrogens is 224 g/mol. The zero-order chi connectivity index (χ0) is 13.7. The van der Waals surface area contributed by atoms with E-state index in [1.54, 1.807) is 7.11 Å². The number of hydrogen-bond acceptors (Lipinski definition) is 3. The zero-order valence-corrected chi connectivity index (χ0v) is 13.1. The van der Waals surface area contributed by atoms with Crippen molar-refractivity contribution in [2.24, 2.45) is 17.8 Å². The Kier molecular flexibility index (Phi) is 6.61. The maximum atomic E-state index is 5.27. The lowest BCUT2D eigenvalue weighted by molar-refractivity contribution is 0.0538. The summed E-state index contributed by atoms with van der Waals surface area (Å²) in [6.45, 7) is 15.9. The van der Waals surface area contributed by atoms with E-state index in [1.807, 2.05) is 0 Å². The molecule has 0 bridgehead atoms. The second-order valence-electron chi connectivity index (χ2n) is 6.58. The minimum atomic E-state index is 0.613. The van der Waals surface area contributed by atoms with Gasteiger partial charge in [-0.25, -0.2) is 0 Å². The molecule has 3 nitrogen and oxygen atoms in total. The molecule has 1 N–H and O–H groups in total. The molecule has 3 unspecified atom stereocenters. The average Bonchev–Trinajstić information content (AvgIpc) is 2.28. The van der Waals surface area contributed by atoms with Gasteiger partial charge in [0, 0.05) is 45.4 Å². The number of rotatable bonds is 6. The van der Waals surface area contributed by atoms with Crippen LogP contribution in [0.4, 0.5) is 0 Å². The van der Waals surface area contributed by atoms with Gasteiger partial charge in [0.15, 0.2) is 0 Å². The number of piperazine rings is 1. The highest BCUT2D eigenvalue weighted by Crippen LogP contribution is 2.19. The summed E-state index contributed by atoms with van der Waals surface area (Å²) < 4.78 is 5.27. The first-order valence-corrected chi connectivity index (χ1v) is 7.42. The van der Waals surface area contributed by atoms with Crippen LogP contribution in [0.5, 0.6) is 0 Å². The Hall–Kier alpha value is -0.120. The number of nitrogens with one attached hydrogen (secondary N) is 1. The average molecular weight is 256 g/mol. The molecule has 0 spiro atoms. The van der Waals surface area contributed by atoms with E-state index in [2.05, 4.69) is 44.8 Å². The molecule has 0 aliphatic carbocycles. The van der Waals surface area contributed by atoms with Crippen molar-refractivity contribution in [3.8, 4) is 0 Å². The summed E-state index contributed by atoms with van der Waals surface area (Å²) >= 11 is 0. The molecule has 1 saturated heterocycles. The SMILES string of the molecule is COCC(C)CN1CC(C(C)C)NCC1C(C)C. The van der Waals surface area contributed by atoms with E-state index in [9.17, 15) is 0 Å². The van der Waals surface area contributed by atoms with Crippen molar-refractivity contribution < 1.29 is 4.74 Å². The first-order chi connectivity index (χ1) is 8.45. The second kappa shape index (κ2) is 7.46. The molecule has 1 fully saturated rings. The largest absolute Gasteiger partial charge is 0.384 e. The summed E-state index contributed by atoms with van der Waals surface area (Å²) in [4.78, 5) is 2.68. The normalized spacial score (nSPS) is 28.0. The third-order valence-electron chi connectivity index (χ3n) is 4.06. The van der Waals surface area contributed by atoms with E-state index in [4.69, 9.17) is 4.74 Å². The smallest absolute Gasteiger partial charge is 0.0500 e. The minimum absolute atomic E-state index is 0.613. The summed E-state index contributed by atoms with van der Waals surface area (Å²) in [5.74, 6) is 2.03. The van der Waals surface area contributed by atoms with Gasteiger partial charge in [0.05, 0.1) is 0 Å². The molecular formula is C15H32N2O. The van der Waals surface area contributed by atoms with Crippen molar-refractivity contribution in [1.29, 1.82) is 0 Å². The number of methoxy groups -OCH3 is 1. The van der Waals surface area contributed by atoms with Crippen molar-refractivity contribution in [1.82, 2.24) is 10.2 Å². The van der Waals surface area contributed by atoms with Crippen molar-refractivity contribution in [2.45, 2.75) is 46.7 Å². The van der Waals surface area contributed by atoms with Gasteiger partial charge in [-0.1, -0.05) is 34.6 Å². The van der Waals surface area contributed by atoms with Crippen molar-refractivity contribution >= 4 is 0 Å². The Labute approximate surface area is 113 Å². The van der Waals surface area contributed by atoms with Crippen LogP contribution in [0, 0.1) is 17.8 Å². The van der Waals surface area contributed by atoms with Gasteiger partial charge >= 0.3 is 0 Å². The van der Waals surface area contributed by atoms with E-state index < -0.39 is 0 Å². The second-order valence-corrected chi connectivity index (χ2v) is 6.58. The first kappa shape index (κ1) is 15.9. The Morgan fingerprint density at radius 1 is 1.17 bits per heavy atom. The van der Waals surface area contributed by atoms with Crippen molar-refractivity contribution in [3.05, 3.63) is 0 Å². The zero-order valence-electron chi connectivity index (χ0n) is 13.1. The van der Waals surface area contributed by atoms with Gasteiger partial charge in [-0.2, -0.15) is 0 Å². The quantitative estimate of drug-likeness (QED) is 0.789. The summed E-state index contributed by atoms with van der Waals surface area (Å²) in [5, 5.41) is 3.71. The topological polar surface area (TPSA) is 24.5 Å². The Bertz CT molecular complexity index is 231. The van der Waals surface area contributed by atoms with Gasteiger partial charge in [-0.05, 0) is 17.8 Å². The maximum absolute atomic E-state index is 5.27. The first-order valence-electron chi connectivity index (χ1n) is 7.42. The van der Waals surface area contributed by atoms with Crippen LogP contribution in [0.1, 0.15) is 34.6 Å². The van der Waals surface area contributed by atoms with Gasteiger partial charge < -0.3 is 10.1 Å². The van der Waals surface area contributed by atoms with Crippen LogP contribution >= 0.6 is 0 Å². The van der Waals surface area contributed by atoms with Gasteiger partial charge in [-0.3, -0.25) is 4.90 Å². The molecule has 0 aromatic rings. The standard InChI is InChI=1S/C15H32N2O/c1-11(2)14-9-17(8-13(5)10-18-6)15(7-16-14)12(3)4/h11-16H,7-10H2,1-6H3. The predicted molar refractivity (Wildman–Crippen MR) is 77.9 cm³/mol. The molecule has 108 valence electrons. The molecule has 0 amide bonds. The Balaban J connectivity index is 2.60. The van der Waals surface area contributed by atoms with E-state index in [0.717, 1.165) is 19.7 Å². The Morgan fingerprint density at radius 3 is 2.33 bits per heavy atom. The Morgan fingerprint density at radius 2 is 1.83 bits per heavy atom. The van der Waals surface area contributed by atoms with Crippen LogP contribution in [-0.2, 0) is 4.74 Å². The molecule has 1 aliphatic heterocycles. The molecule has 18 heavy (non-hydrogen) atoms. The number of hydrogen-bond donors (Lipinski definition) is 1. The van der Waals surface area contributed by atoms with E-state index in [0.29, 0.717) is 29.8 Å². The fraction of sp³-hybridized carbons (Fsp3) is 1.00. The van der Waals surface area contributed by atoms with E-state index in [-0.39, 0.29) is 0 Å². The van der Waals surface area contributed by atoms with Crippen LogP contribution < -0.4 is 5.32 Å². The van der Waals surface area contributed by atoms with Gasteiger partial charge in [0.2, 0.25) is 0 Å².